The van der Waals surface area contributed by atoms with Crippen LogP contribution in [0.15, 0.2) is 6.20 Å². The molecule has 0 aliphatic carbocycles. The summed E-state index contributed by atoms with van der Waals surface area (Å²) < 4.78 is 37.2. The van der Waals surface area contributed by atoms with Crippen LogP contribution in [0.2, 0.25) is 0 Å². The van der Waals surface area contributed by atoms with E-state index in [1.54, 1.807) is 17.9 Å². The van der Waals surface area contributed by atoms with E-state index in [9.17, 15) is 18.0 Å². The van der Waals surface area contributed by atoms with Gasteiger partial charge in [0.15, 0.2) is 0 Å². The first kappa shape index (κ1) is 15.5. The summed E-state index contributed by atoms with van der Waals surface area (Å²) in [4.78, 5) is 11.3. The van der Waals surface area contributed by atoms with E-state index in [0.717, 1.165) is 17.7 Å². The van der Waals surface area contributed by atoms with Crippen molar-refractivity contribution in [3.8, 4) is 0 Å². The number of aromatic nitrogens is 2. The summed E-state index contributed by atoms with van der Waals surface area (Å²) in [7, 11) is 1.77. The minimum Gasteiger partial charge on any atom is -0.351 e. The molecule has 1 amide bonds. The quantitative estimate of drug-likeness (QED) is 0.807. The molecule has 0 spiro atoms. The molecule has 1 rings (SSSR count). The number of nitrogens with zero attached hydrogens (tertiary/aromatic N) is 2. The summed E-state index contributed by atoms with van der Waals surface area (Å²) in [6, 6.07) is 0. The average Bonchev–Trinajstić information content (AvgIpc) is 2.65. The van der Waals surface area contributed by atoms with Crippen LogP contribution in [0.4, 0.5) is 13.2 Å². The van der Waals surface area contributed by atoms with Crippen molar-refractivity contribution >= 4 is 5.91 Å². The number of carbonyl (C=O) groups is 1. The van der Waals surface area contributed by atoms with Crippen molar-refractivity contribution in [2.45, 2.75) is 26.1 Å². The number of halogens is 3. The van der Waals surface area contributed by atoms with Gasteiger partial charge in [0.25, 0.3) is 0 Å². The first-order valence-corrected chi connectivity index (χ1v) is 5.87. The maximum atomic E-state index is 11.9. The molecule has 0 aromatic carbocycles. The summed E-state index contributed by atoms with van der Waals surface area (Å²) in [5.41, 5.74) is 1.74. The largest absolute Gasteiger partial charge is 0.401 e. The van der Waals surface area contributed by atoms with E-state index in [0.29, 0.717) is 0 Å². The molecule has 0 aliphatic rings. The molecule has 0 saturated heterocycles. The predicted octanol–water partition coefficient (Wildman–Crippen LogP) is 0.751. The maximum Gasteiger partial charge on any atom is 0.401 e. The lowest BCUT2D eigenvalue weighted by atomic mass is 10.2. The number of hydrogen-bond donors (Lipinski definition) is 2. The summed E-state index contributed by atoms with van der Waals surface area (Å²) in [5.74, 6) is -0.477. The van der Waals surface area contributed by atoms with E-state index in [4.69, 9.17) is 0 Å². The fourth-order valence-corrected chi connectivity index (χ4v) is 1.60. The first-order valence-electron chi connectivity index (χ1n) is 5.87. The van der Waals surface area contributed by atoms with E-state index in [1.807, 2.05) is 12.2 Å². The van der Waals surface area contributed by atoms with Crippen molar-refractivity contribution in [2.24, 2.45) is 7.05 Å². The average molecular weight is 278 g/mol. The van der Waals surface area contributed by atoms with E-state index in [1.165, 1.54) is 0 Å². The van der Waals surface area contributed by atoms with Crippen LogP contribution in [0, 0.1) is 0 Å². The third kappa shape index (κ3) is 5.73. The van der Waals surface area contributed by atoms with Crippen LogP contribution >= 0.6 is 0 Å². The Balaban J connectivity index is 2.34. The Morgan fingerprint density at radius 1 is 1.47 bits per heavy atom. The van der Waals surface area contributed by atoms with Gasteiger partial charge in [0, 0.05) is 25.4 Å². The molecule has 0 aliphatic heterocycles. The zero-order chi connectivity index (χ0) is 14.5. The fourth-order valence-electron chi connectivity index (χ4n) is 1.60. The van der Waals surface area contributed by atoms with Crippen LogP contribution in [0.5, 0.6) is 0 Å². The highest BCUT2D eigenvalue weighted by Gasteiger charge is 2.26. The van der Waals surface area contributed by atoms with Gasteiger partial charge in [-0.1, -0.05) is 6.92 Å². The van der Waals surface area contributed by atoms with Crippen molar-refractivity contribution in [1.29, 1.82) is 0 Å². The molecule has 5 nitrogen and oxygen atoms in total. The normalized spacial score (nSPS) is 11.6. The van der Waals surface area contributed by atoms with Gasteiger partial charge in [0.05, 0.1) is 18.8 Å². The predicted molar refractivity (Wildman–Crippen MR) is 63.4 cm³/mol. The van der Waals surface area contributed by atoms with E-state index in [-0.39, 0.29) is 13.1 Å². The molecule has 1 heterocycles. The molecule has 0 unspecified atom stereocenters. The summed E-state index contributed by atoms with van der Waals surface area (Å²) in [6.45, 7) is 0.677. The van der Waals surface area contributed by atoms with Gasteiger partial charge >= 0.3 is 6.18 Å². The van der Waals surface area contributed by atoms with Crippen LogP contribution in [0.3, 0.4) is 0 Å². The molecule has 1 aromatic heterocycles. The molecule has 1 aromatic rings. The monoisotopic (exact) mass is 278 g/mol. The van der Waals surface area contributed by atoms with Gasteiger partial charge in [0.2, 0.25) is 5.91 Å². The molecule has 0 atom stereocenters. The van der Waals surface area contributed by atoms with Gasteiger partial charge in [-0.25, -0.2) is 0 Å². The molecule has 0 radical (unpaired) electrons. The Bertz CT molecular complexity index is 428. The Kier molecular flexibility index (Phi) is 5.34. The third-order valence-corrected chi connectivity index (χ3v) is 2.41. The van der Waals surface area contributed by atoms with Crippen LogP contribution in [-0.2, 0) is 24.8 Å². The first-order chi connectivity index (χ1) is 8.81. The number of carbonyl (C=O) groups excluding carboxylic acids is 1. The Hall–Kier alpha value is -1.57. The number of nitrogens with one attached hydrogen (secondary N) is 2. The second kappa shape index (κ2) is 6.55. The lowest BCUT2D eigenvalue weighted by Gasteiger charge is -2.08. The van der Waals surface area contributed by atoms with Crippen molar-refractivity contribution in [3.63, 3.8) is 0 Å². The van der Waals surface area contributed by atoms with Gasteiger partial charge in [-0.3, -0.25) is 9.48 Å². The highest BCUT2D eigenvalue weighted by atomic mass is 19.4. The number of amides is 1. The molecule has 8 heteroatoms. The number of hydrogen-bond acceptors (Lipinski definition) is 3. The lowest BCUT2D eigenvalue weighted by molar-refractivity contribution is -0.128. The molecule has 0 bridgehead atoms. The standard InChI is InChI=1S/C11H17F3N4O/c1-3-9-8(6-18(2)17-9)4-16-10(19)5-15-7-11(12,13)14/h6,15H,3-5,7H2,1-2H3,(H,16,19). The van der Waals surface area contributed by atoms with Gasteiger partial charge in [-0.2, -0.15) is 18.3 Å². The summed E-state index contributed by atoms with van der Waals surface area (Å²) >= 11 is 0. The Morgan fingerprint density at radius 2 is 2.16 bits per heavy atom. The van der Waals surface area contributed by atoms with Gasteiger partial charge < -0.3 is 10.6 Å². The van der Waals surface area contributed by atoms with Crippen LogP contribution < -0.4 is 10.6 Å². The zero-order valence-electron chi connectivity index (χ0n) is 10.8. The lowest BCUT2D eigenvalue weighted by Crippen LogP contribution is -2.38. The van der Waals surface area contributed by atoms with E-state index >= 15 is 0 Å². The smallest absolute Gasteiger partial charge is 0.351 e. The maximum absolute atomic E-state index is 11.9. The SMILES string of the molecule is CCc1nn(C)cc1CNC(=O)CNCC(F)(F)F. The van der Waals surface area contributed by atoms with Crippen molar-refractivity contribution in [3.05, 3.63) is 17.5 Å². The van der Waals surface area contributed by atoms with Crippen LogP contribution in [-0.4, -0.2) is 35.0 Å². The second-order valence-corrected chi connectivity index (χ2v) is 4.12. The molecule has 0 saturated carbocycles. The highest BCUT2D eigenvalue weighted by molar-refractivity contribution is 5.77. The van der Waals surface area contributed by atoms with Crippen molar-refractivity contribution in [2.75, 3.05) is 13.1 Å². The van der Waals surface area contributed by atoms with Crippen LogP contribution in [0.1, 0.15) is 18.2 Å². The molecule has 0 fully saturated rings. The summed E-state index contributed by atoms with van der Waals surface area (Å²) in [6.07, 6.45) is -1.79. The minimum absolute atomic E-state index is 0.267. The number of rotatable bonds is 6. The molecule has 19 heavy (non-hydrogen) atoms. The summed E-state index contributed by atoms with van der Waals surface area (Å²) in [5, 5.41) is 8.79. The molecule has 2 N–H and O–H groups in total. The number of aryl methyl sites for hydroxylation is 2. The molecule has 108 valence electrons. The Labute approximate surface area is 109 Å². The zero-order valence-corrected chi connectivity index (χ0v) is 10.8. The van der Waals surface area contributed by atoms with E-state index in [2.05, 4.69) is 10.4 Å². The van der Waals surface area contributed by atoms with Gasteiger partial charge in [-0.05, 0) is 6.42 Å². The third-order valence-electron chi connectivity index (χ3n) is 2.41. The fraction of sp³-hybridized carbons (Fsp3) is 0.636. The van der Waals surface area contributed by atoms with Gasteiger partial charge in [0.1, 0.15) is 0 Å². The van der Waals surface area contributed by atoms with Gasteiger partial charge in [-0.15, -0.1) is 0 Å². The minimum atomic E-state index is -4.31. The highest BCUT2D eigenvalue weighted by Crippen LogP contribution is 2.11. The molecular weight excluding hydrogens is 261 g/mol. The van der Waals surface area contributed by atoms with E-state index < -0.39 is 18.6 Å². The van der Waals surface area contributed by atoms with Crippen LogP contribution in [0.25, 0.3) is 0 Å². The number of alkyl halides is 3. The van der Waals surface area contributed by atoms with Crippen molar-refractivity contribution < 1.29 is 18.0 Å². The topological polar surface area (TPSA) is 59.0 Å². The second-order valence-electron chi connectivity index (χ2n) is 4.12. The molecular formula is C11H17F3N4O. The van der Waals surface area contributed by atoms with Crippen molar-refractivity contribution in [1.82, 2.24) is 20.4 Å². The Morgan fingerprint density at radius 3 is 2.74 bits per heavy atom.